The summed E-state index contributed by atoms with van der Waals surface area (Å²) in [6, 6.07) is 8.42. The van der Waals surface area contributed by atoms with Crippen LogP contribution in [-0.2, 0) is 14.4 Å². The maximum Gasteiger partial charge on any atom is 0.225 e. The topological polar surface area (TPSA) is 113 Å². The van der Waals surface area contributed by atoms with E-state index >= 15 is 0 Å². The van der Waals surface area contributed by atoms with E-state index in [1.54, 1.807) is 36.5 Å². The van der Waals surface area contributed by atoms with Crippen molar-refractivity contribution in [2.45, 2.75) is 69.9 Å². The fourth-order valence-corrected chi connectivity index (χ4v) is 3.75. The van der Waals surface area contributed by atoms with Crippen LogP contribution in [0.15, 0.2) is 47.2 Å². The van der Waals surface area contributed by atoms with Gasteiger partial charge in [-0.15, -0.1) is 0 Å². The van der Waals surface area contributed by atoms with Crippen LogP contribution >= 0.6 is 0 Å². The zero-order valence-corrected chi connectivity index (χ0v) is 17.6. The summed E-state index contributed by atoms with van der Waals surface area (Å²) in [7, 11) is 0. The number of aromatic nitrogens is 1. The number of hydrogen-bond donors (Lipinski definition) is 3. The summed E-state index contributed by atoms with van der Waals surface area (Å²) in [6.45, 7) is 0. The molecule has 3 amide bonds. The van der Waals surface area contributed by atoms with Crippen LogP contribution in [0, 0.1) is 0 Å². The van der Waals surface area contributed by atoms with Crippen molar-refractivity contribution < 1.29 is 18.8 Å². The van der Waals surface area contributed by atoms with E-state index < -0.39 is 6.04 Å². The molecule has 3 N–H and O–H groups in total. The minimum atomic E-state index is -0.534. The van der Waals surface area contributed by atoms with Crippen LogP contribution in [0.4, 0.5) is 5.82 Å². The molecule has 2 aromatic heterocycles. The van der Waals surface area contributed by atoms with Gasteiger partial charge in [0.2, 0.25) is 17.7 Å². The number of amides is 3. The quantitative estimate of drug-likeness (QED) is 0.538. The highest BCUT2D eigenvalue weighted by molar-refractivity contribution is 5.90. The molecule has 2 heterocycles. The molecule has 1 unspecified atom stereocenters. The molecule has 0 saturated heterocycles. The Morgan fingerprint density at radius 2 is 1.81 bits per heavy atom. The third-order valence-electron chi connectivity index (χ3n) is 5.32. The molecule has 1 atom stereocenters. The van der Waals surface area contributed by atoms with Crippen molar-refractivity contribution in [2.75, 3.05) is 5.32 Å². The first kappa shape index (κ1) is 22.5. The predicted octanol–water partition coefficient (Wildman–Crippen LogP) is 3.48. The monoisotopic (exact) mass is 426 g/mol. The molecule has 0 aliphatic heterocycles. The third kappa shape index (κ3) is 7.88. The van der Waals surface area contributed by atoms with Gasteiger partial charge in [-0.05, 0) is 43.5 Å². The van der Waals surface area contributed by atoms with Crippen molar-refractivity contribution in [3.8, 4) is 0 Å². The molecule has 0 bridgehead atoms. The molecule has 0 aromatic carbocycles. The number of anilines is 1. The van der Waals surface area contributed by atoms with Gasteiger partial charge in [-0.2, -0.15) is 0 Å². The summed E-state index contributed by atoms with van der Waals surface area (Å²) >= 11 is 0. The first-order valence-corrected chi connectivity index (χ1v) is 10.9. The largest absolute Gasteiger partial charge is 0.467 e. The Labute approximate surface area is 182 Å². The lowest BCUT2D eigenvalue weighted by Gasteiger charge is -2.24. The third-order valence-corrected chi connectivity index (χ3v) is 5.32. The fourth-order valence-electron chi connectivity index (χ4n) is 3.75. The van der Waals surface area contributed by atoms with Crippen LogP contribution in [0.1, 0.15) is 69.6 Å². The zero-order chi connectivity index (χ0) is 21.9. The molecular formula is C23H30N4O4. The Morgan fingerprint density at radius 3 is 2.52 bits per heavy atom. The van der Waals surface area contributed by atoms with Gasteiger partial charge in [0.25, 0.3) is 0 Å². The molecule has 8 heteroatoms. The van der Waals surface area contributed by atoms with Crippen LogP contribution < -0.4 is 16.0 Å². The van der Waals surface area contributed by atoms with E-state index in [0.29, 0.717) is 18.0 Å². The van der Waals surface area contributed by atoms with E-state index in [4.69, 9.17) is 4.42 Å². The Hall–Kier alpha value is -3.16. The molecule has 0 radical (unpaired) electrons. The molecule has 1 aliphatic rings. The van der Waals surface area contributed by atoms with E-state index in [9.17, 15) is 14.4 Å². The normalized spacial score (nSPS) is 15.1. The van der Waals surface area contributed by atoms with Crippen LogP contribution in [0.3, 0.4) is 0 Å². The summed E-state index contributed by atoms with van der Waals surface area (Å²) in [5.74, 6) is 0.514. The maximum absolute atomic E-state index is 12.5. The summed E-state index contributed by atoms with van der Waals surface area (Å²) in [5.41, 5.74) is 0. The number of carbonyl (C=O) groups is 3. The van der Waals surface area contributed by atoms with E-state index in [1.807, 2.05) is 0 Å². The van der Waals surface area contributed by atoms with Crippen molar-refractivity contribution in [1.82, 2.24) is 15.6 Å². The maximum atomic E-state index is 12.5. The first-order valence-electron chi connectivity index (χ1n) is 10.9. The minimum Gasteiger partial charge on any atom is -0.467 e. The SMILES string of the molecule is O=C(CCCC(=O)NC(CC(=O)NC1CCCCC1)c1ccco1)Nc1ccccn1. The van der Waals surface area contributed by atoms with E-state index in [1.165, 1.54) is 12.7 Å². The Balaban J connectivity index is 1.43. The molecule has 1 aliphatic carbocycles. The number of rotatable bonds is 10. The van der Waals surface area contributed by atoms with Crippen LogP contribution in [0.25, 0.3) is 0 Å². The number of carbonyl (C=O) groups excluding carboxylic acids is 3. The summed E-state index contributed by atoms with van der Waals surface area (Å²) < 4.78 is 5.43. The highest BCUT2D eigenvalue weighted by Gasteiger charge is 2.23. The second-order valence-electron chi connectivity index (χ2n) is 7.86. The number of pyridine rings is 1. The number of hydrogen-bond acceptors (Lipinski definition) is 5. The van der Waals surface area contributed by atoms with Crippen LogP contribution in [0.5, 0.6) is 0 Å². The highest BCUT2D eigenvalue weighted by atomic mass is 16.3. The highest BCUT2D eigenvalue weighted by Crippen LogP contribution is 2.20. The lowest BCUT2D eigenvalue weighted by Crippen LogP contribution is -2.39. The lowest BCUT2D eigenvalue weighted by atomic mass is 9.95. The number of furan rings is 1. The standard InChI is InChI=1S/C23H30N4O4/c28-21(12-6-13-22(29)27-20-11-4-5-14-24-20)26-18(19-10-7-15-31-19)16-23(30)25-17-8-2-1-3-9-17/h4-5,7,10-11,14-15,17-18H,1-3,6,8-9,12-13,16H2,(H,25,30)(H,26,28)(H,24,27,29). The molecule has 2 aromatic rings. The molecular weight excluding hydrogens is 396 g/mol. The van der Waals surface area contributed by atoms with Gasteiger partial charge in [0.1, 0.15) is 11.6 Å². The van der Waals surface area contributed by atoms with Crippen molar-refractivity contribution >= 4 is 23.5 Å². The van der Waals surface area contributed by atoms with Crippen molar-refractivity contribution in [3.05, 3.63) is 48.6 Å². The lowest BCUT2D eigenvalue weighted by molar-refractivity contribution is -0.124. The molecule has 3 rings (SSSR count). The van der Waals surface area contributed by atoms with E-state index in [-0.39, 0.29) is 43.0 Å². The Kier molecular flexibility index (Phi) is 8.63. The Morgan fingerprint density at radius 1 is 1.00 bits per heavy atom. The van der Waals surface area contributed by atoms with Crippen LogP contribution in [0.2, 0.25) is 0 Å². The summed E-state index contributed by atoms with van der Waals surface area (Å²) in [5, 5.41) is 8.64. The van der Waals surface area contributed by atoms with Gasteiger partial charge in [0, 0.05) is 25.1 Å². The average molecular weight is 427 g/mol. The minimum absolute atomic E-state index is 0.0941. The average Bonchev–Trinajstić information content (AvgIpc) is 3.29. The van der Waals surface area contributed by atoms with Crippen LogP contribution in [-0.4, -0.2) is 28.7 Å². The van der Waals surface area contributed by atoms with Crippen molar-refractivity contribution in [2.24, 2.45) is 0 Å². The van der Waals surface area contributed by atoms with Gasteiger partial charge in [-0.1, -0.05) is 25.3 Å². The van der Waals surface area contributed by atoms with Gasteiger partial charge in [0.15, 0.2) is 0 Å². The fraction of sp³-hybridized carbons (Fsp3) is 0.478. The smallest absolute Gasteiger partial charge is 0.225 e. The summed E-state index contributed by atoms with van der Waals surface area (Å²) in [6.07, 6.45) is 9.52. The van der Waals surface area contributed by atoms with Crippen molar-refractivity contribution in [3.63, 3.8) is 0 Å². The zero-order valence-electron chi connectivity index (χ0n) is 17.6. The van der Waals surface area contributed by atoms with Gasteiger partial charge < -0.3 is 20.4 Å². The predicted molar refractivity (Wildman–Crippen MR) is 116 cm³/mol. The van der Waals surface area contributed by atoms with Crippen molar-refractivity contribution in [1.29, 1.82) is 0 Å². The molecule has 166 valence electrons. The molecule has 31 heavy (non-hydrogen) atoms. The molecule has 1 saturated carbocycles. The Bertz CT molecular complexity index is 833. The van der Waals surface area contributed by atoms with E-state index in [0.717, 1.165) is 25.7 Å². The molecule has 8 nitrogen and oxygen atoms in total. The van der Waals surface area contributed by atoms with Gasteiger partial charge in [-0.25, -0.2) is 4.98 Å². The van der Waals surface area contributed by atoms with Gasteiger partial charge in [0.05, 0.1) is 18.7 Å². The number of nitrogens with one attached hydrogen (secondary N) is 3. The summed E-state index contributed by atoms with van der Waals surface area (Å²) in [4.78, 5) is 41.0. The second kappa shape index (κ2) is 11.9. The number of nitrogens with zero attached hydrogens (tertiary/aromatic N) is 1. The van der Waals surface area contributed by atoms with Gasteiger partial charge in [-0.3, -0.25) is 14.4 Å². The molecule has 0 spiro atoms. The van der Waals surface area contributed by atoms with Gasteiger partial charge >= 0.3 is 0 Å². The molecule has 1 fully saturated rings. The first-order chi connectivity index (χ1) is 15.1. The van der Waals surface area contributed by atoms with E-state index in [2.05, 4.69) is 20.9 Å². The second-order valence-corrected chi connectivity index (χ2v) is 7.86.